The van der Waals surface area contributed by atoms with Crippen LogP contribution in [-0.4, -0.2) is 36.2 Å². The Morgan fingerprint density at radius 1 is 1.03 bits per heavy atom. The Balaban J connectivity index is 1.55. The van der Waals surface area contributed by atoms with Crippen LogP contribution in [0.15, 0.2) is 48.5 Å². The summed E-state index contributed by atoms with van der Waals surface area (Å²) < 4.78 is 108. The molecular weight excluding hydrogens is 512 g/mol. The predicted molar refractivity (Wildman–Crippen MR) is 108 cm³/mol. The second kappa shape index (κ2) is 8.37. The van der Waals surface area contributed by atoms with Gasteiger partial charge >= 0.3 is 12.4 Å². The lowest BCUT2D eigenvalue weighted by Crippen LogP contribution is -2.59. The molecule has 1 saturated heterocycles. The lowest BCUT2D eigenvalue weighted by atomic mass is 9.86. The van der Waals surface area contributed by atoms with Gasteiger partial charge in [-0.2, -0.15) is 26.3 Å². The van der Waals surface area contributed by atoms with Crippen LogP contribution in [0.1, 0.15) is 23.1 Å². The Labute approximate surface area is 198 Å². The first kappa shape index (κ1) is 25.2. The molecule has 2 aromatic carbocycles. The maximum atomic E-state index is 15.0. The first-order valence-electron chi connectivity index (χ1n) is 9.96. The molecule has 2 aliphatic heterocycles. The zero-order chi connectivity index (χ0) is 25.8. The van der Waals surface area contributed by atoms with Crippen LogP contribution < -0.4 is 5.48 Å². The summed E-state index contributed by atoms with van der Waals surface area (Å²) >= 11 is 5.71. The summed E-state index contributed by atoms with van der Waals surface area (Å²) in [6.07, 6.45) is -10.7. The smallest absolute Gasteiger partial charge is 0.335 e. The predicted octanol–water partition coefficient (Wildman–Crippen LogP) is 5.77. The van der Waals surface area contributed by atoms with Crippen LogP contribution in [0.4, 0.5) is 35.1 Å². The summed E-state index contributed by atoms with van der Waals surface area (Å²) in [5.74, 6) is -2.25. The van der Waals surface area contributed by atoms with Crippen molar-refractivity contribution in [2.24, 2.45) is 0 Å². The number of likely N-dealkylation sites (tertiary alicyclic amines) is 1. The Kier molecular flexibility index (Phi) is 6.03. The van der Waals surface area contributed by atoms with Crippen molar-refractivity contribution in [3.8, 4) is 0 Å². The van der Waals surface area contributed by atoms with Crippen LogP contribution in [0.3, 0.4) is 0 Å². The number of hydrogen-bond acceptors (Lipinski definition) is 3. The average Bonchev–Trinajstić information content (AvgIpc) is 3.16. The topological polar surface area (TPSA) is 41.6 Å². The summed E-state index contributed by atoms with van der Waals surface area (Å²) in [6.45, 7) is -1.16. The van der Waals surface area contributed by atoms with Crippen LogP contribution in [0.5, 0.6) is 0 Å². The van der Waals surface area contributed by atoms with E-state index in [1.165, 1.54) is 24.3 Å². The van der Waals surface area contributed by atoms with E-state index >= 15 is 4.39 Å². The van der Waals surface area contributed by atoms with Gasteiger partial charge in [-0.05, 0) is 35.4 Å². The Hall–Kier alpha value is -2.86. The first-order valence-corrected chi connectivity index (χ1v) is 10.3. The standard InChI is InChI=1S/C22H15ClF8N2O2/c23-15-5-14(6-16(24)7-15)20(22(29,30)31)8-17(32-35-20)12-1-3-13(4-2-12)19(25)10-33(11-19)18(34)9-21(26,27)28/h1-8,32H,9-11H2. The lowest BCUT2D eigenvalue weighted by molar-refractivity contribution is -0.269. The number of nitrogens with zero attached hydrogens (tertiary/aromatic N) is 1. The number of nitrogens with one attached hydrogen (secondary N) is 1. The van der Waals surface area contributed by atoms with Gasteiger partial charge in [-0.1, -0.05) is 35.9 Å². The number of halogens is 9. The van der Waals surface area contributed by atoms with Crippen LogP contribution >= 0.6 is 11.6 Å². The van der Waals surface area contributed by atoms with E-state index in [1.54, 1.807) is 0 Å². The van der Waals surface area contributed by atoms with Crippen LogP contribution in [0.25, 0.3) is 5.70 Å². The van der Waals surface area contributed by atoms with Gasteiger partial charge < -0.3 is 4.90 Å². The van der Waals surface area contributed by atoms with E-state index in [0.717, 1.165) is 17.0 Å². The molecule has 1 atom stereocenters. The number of hydrogen-bond donors (Lipinski definition) is 1. The van der Waals surface area contributed by atoms with E-state index in [0.29, 0.717) is 12.1 Å². The molecule has 0 spiro atoms. The third-order valence-corrected chi connectivity index (χ3v) is 5.90. The average molecular weight is 527 g/mol. The first-order chi connectivity index (χ1) is 16.1. The maximum Gasteiger partial charge on any atom is 0.428 e. The van der Waals surface area contributed by atoms with E-state index in [1.807, 2.05) is 0 Å². The van der Waals surface area contributed by atoms with Gasteiger partial charge in [-0.15, -0.1) is 0 Å². The maximum absolute atomic E-state index is 15.0. The monoisotopic (exact) mass is 526 g/mol. The summed E-state index contributed by atoms with van der Waals surface area (Å²) in [6, 6.07) is 7.45. The molecule has 2 aliphatic rings. The van der Waals surface area contributed by atoms with Crippen LogP contribution in [0.2, 0.25) is 5.02 Å². The zero-order valence-electron chi connectivity index (χ0n) is 17.4. The minimum atomic E-state index is -5.01. The molecule has 0 bridgehead atoms. The van der Waals surface area contributed by atoms with Gasteiger partial charge in [-0.25, -0.2) is 8.78 Å². The van der Waals surface area contributed by atoms with Gasteiger partial charge in [0.25, 0.3) is 0 Å². The molecule has 4 rings (SSSR count). The highest BCUT2D eigenvalue weighted by atomic mass is 35.5. The summed E-state index contributed by atoms with van der Waals surface area (Å²) in [4.78, 5) is 17.2. The number of rotatable bonds is 4. The van der Waals surface area contributed by atoms with Crippen molar-refractivity contribution in [2.75, 3.05) is 13.1 Å². The number of benzene rings is 2. The third kappa shape index (κ3) is 4.81. The molecule has 0 radical (unpaired) electrons. The Bertz CT molecular complexity index is 1150. The number of alkyl halides is 7. The summed E-state index contributed by atoms with van der Waals surface area (Å²) in [5, 5.41) is -0.269. The van der Waals surface area contributed by atoms with Crippen molar-refractivity contribution in [1.82, 2.24) is 10.4 Å². The van der Waals surface area contributed by atoms with Gasteiger partial charge in [-0.3, -0.25) is 15.1 Å². The summed E-state index contributed by atoms with van der Waals surface area (Å²) in [7, 11) is 0. The fourth-order valence-electron chi connectivity index (χ4n) is 3.90. The van der Waals surface area contributed by atoms with Crippen LogP contribution in [-0.2, 0) is 20.9 Å². The van der Waals surface area contributed by atoms with Gasteiger partial charge in [0.1, 0.15) is 12.2 Å². The molecule has 0 aliphatic carbocycles. The van der Waals surface area contributed by atoms with Crippen molar-refractivity contribution in [2.45, 2.75) is 30.0 Å². The number of carbonyl (C=O) groups excluding carboxylic acids is 1. The fourth-order valence-corrected chi connectivity index (χ4v) is 4.13. The Morgan fingerprint density at radius 2 is 1.66 bits per heavy atom. The van der Waals surface area contributed by atoms with Crippen molar-refractivity contribution in [3.63, 3.8) is 0 Å². The van der Waals surface area contributed by atoms with Crippen molar-refractivity contribution >= 4 is 23.2 Å². The van der Waals surface area contributed by atoms with E-state index in [2.05, 4.69) is 5.48 Å². The summed E-state index contributed by atoms with van der Waals surface area (Å²) in [5.41, 5.74) is -3.53. The number of amides is 1. The minimum absolute atomic E-state index is 0.0378. The molecule has 188 valence electrons. The molecule has 13 heteroatoms. The largest absolute Gasteiger partial charge is 0.428 e. The normalized spacial score (nSPS) is 21.9. The molecule has 0 aromatic heterocycles. The lowest BCUT2D eigenvalue weighted by Gasteiger charge is -2.44. The molecule has 1 unspecified atom stereocenters. The van der Waals surface area contributed by atoms with E-state index in [9.17, 15) is 35.5 Å². The second-order valence-corrected chi connectivity index (χ2v) is 8.67. The van der Waals surface area contributed by atoms with Gasteiger partial charge in [0.2, 0.25) is 11.5 Å². The van der Waals surface area contributed by atoms with E-state index < -0.39 is 60.4 Å². The molecular formula is C22H15ClF8N2O2. The SMILES string of the molecule is O=C(CC(F)(F)F)N1CC(F)(c2ccc(C3=CC(c4cc(F)cc(Cl)c4)(C(F)(F)F)ON3)cc2)C1. The third-order valence-electron chi connectivity index (χ3n) is 5.68. The molecule has 35 heavy (non-hydrogen) atoms. The van der Waals surface area contributed by atoms with Crippen molar-refractivity contribution in [1.29, 1.82) is 0 Å². The molecule has 2 heterocycles. The quantitative estimate of drug-likeness (QED) is 0.514. The van der Waals surface area contributed by atoms with Crippen molar-refractivity contribution < 1.29 is 44.8 Å². The minimum Gasteiger partial charge on any atom is -0.335 e. The highest BCUT2D eigenvalue weighted by molar-refractivity contribution is 6.30. The number of carbonyl (C=O) groups is 1. The molecule has 2 aromatic rings. The van der Waals surface area contributed by atoms with Crippen LogP contribution in [0, 0.1) is 5.82 Å². The zero-order valence-corrected chi connectivity index (χ0v) is 18.2. The number of hydroxylamine groups is 1. The second-order valence-electron chi connectivity index (χ2n) is 8.24. The van der Waals surface area contributed by atoms with Gasteiger partial charge in [0.05, 0.1) is 18.8 Å². The van der Waals surface area contributed by atoms with Crippen molar-refractivity contribution in [3.05, 3.63) is 76.1 Å². The molecule has 1 fully saturated rings. The van der Waals surface area contributed by atoms with E-state index in [-0.39, 0.29) is 21.8 Å². The Morgan fingerprint density at radius 3 is 2.20 bits per heavy atom. The molecule has 1 amide bonds. The molecule has 4 nitrogen and oxygen atoms in total. The highest BCUT2D eigenvalue weighted by Crippen LogP contribution is 2.48. The van der Waals surface area contributed by atoms with Gasteiger partial charge in [0, 0.05) is 10.6 Å². The highest BCUT2D eigenvalue weighted by Gasteiger charge is 2.60. The molecule has 0 saturated carbocycles. The van der Waals surface area contributed by atoms with E-state index in [4.69, 9.17) is 16.4 Å². The molecule has 1 N–H and O–H groups in total. The fraction of sp³-hybridized carbons (Fsp3) is 0.318. The van der Waals surface area contributed by atoms with Gasteiger partial charge in [0.15, 0.2) is 5.67 Å².